The van der Waals surface area contributed by atoms with Crippen molar-refractivity contribution in [2.24, 2.45) is 0 Å². The van der Waals surface area contributed by atoms with E-state index in [1.807, 2.05) is 0 Å². The van der Waals surface area contributed by atoms with E-state index in [1.165, 1.54) is 45.1 Å². The number of hydrogen-bond acceptors (Lipinski definition) is 3. The monoisotopic (exact) mass is 254 g/mol. The molecule has 0 aromatic carbocycles. The van der Waals surface area contributed by atoms with Gasteiger partial charge in [0.05, 0.1) is 12.2 Å². The Morgan fingerprint density at radius 1 is 1.06 bits per heavy atom. The highest BCUT2D eigenvalue weighted by Gasteiger charge is 2.29. The highest BCUT2D eigenvalue weighted by atomic mass is 16.5. The molecule has 0 bridgehead atoms. The molecule has 1 aliphatic carbocycles. The Morgan fingerprint density at radius 3 is 2.44 bits per heavy atom. The van der Waals surface area contributed by atoms with Gasteiger partial charge in [-0.2, -0.15) is 0 Å². The number of rotatable bonds is 7. The van der Waals surface area contributed by atoms with Gasteiger partial charge in [-0.25, -0.2) is 0 Å². The molecule has 1 N–H and O–H groups in total. The summed E-state index contributed by atoms with van der Waals surface area (Å²) in [5, 5.41) is 3.39. The molecular weight excluding hydrogens is 224 g/mol. The van der Waals surface area contributed by atoms with Gasteiger partial charge < -0.3 is 10.1 Å². The molecule has 106 valence electrons. The first-order chi connectivity index (χ1) is 8.83. The van der Waals surface area contributed by atoms with Crippen molar-refractivity contribution in [1.29, 1.82) is 0 Å². The van der Waals surface area contributed by atoms with E-state index in [9.17, 15) is 0 Å². The lowest BCUT2D eigenvalue weighted by atomic mass is 10.1. The summed E-state index contributed by atoms with van der Waals surface area (Å²) in [6.45, 7) is 8.87. The van der Waals surface area contributed by atoms with Gasteiger partial charge >= 0.3 is 0 Å². The zero-order valence-corrected chi connectivity index (χ0v) is 12.2. The molecule has 2 unspecified atom stereocenters. The summed E-state index contributed by atoms with van der Waals surface area (Å²) in [4.78, 5) is 2.66. The van der Waals surface area contributed by atoms with Crippen LogP contribution in [0, 0.1) is 0 Å². The van der Waals surface area contributed by atoms with Crippen molar-refractivity contribution in [1.82, 2.24) is 10.2 Å². The van der Waals surface area contributed by atoms with Gasteiger partial charge in [0.25, 0.3) is 0 Å². The summed E-state index contributed by atoms with van der Waals surface area (Å²) >= 11 is 0. The van der Waals surface area contributed by atoms with E-state index in [0.717, 1.165) is 25.7 Å². The van der Waals surface area contributed by atoms with Crippen LogP contribution < -0.4 is 5.32 Å². The van der Waals surface area contributed by atoms with Crippen LogP contribution >= 0.6 is 0 Å². The van der Waals surface area contributed by atoms with E-state index in [-0.39, 0.29) is 0 Å². The summed E-state index contributed by atoms with van der Waals surface area (Å²) in [5.74, 6) is 0. The van der Waals surface area contributed by atoms with Gasteiger partial charge in [0.2, 0.25) is 0 Å². The van der Waals surface area contributed by atoms with Crippen LogP contribution in [0.1, 0.15) is 52.4 Å². The molecule has 0 aromatic rings. The SMILES string of the molecule is CCNCC1CCC(CN(CC)C2CCCC2)O1. The Labute approximate surface area is 112 Å². The van der Waals surface area contributed by atoms with Crippen molar-refractivity contribution in [3.8, 4) is 0 Å². The van der Waals surface area contributed by atoms with Gasteiger partial charge in [0.15, 0.2) is 0 Å². The third-order valence-corrected chi connectivity index (χ3v) is 4.50. The van der Waals surface area contributed by atoms with Crippen molar-refractivity contribution >= 4 is 0 Å². The van der Waals surface area contributed by atoms with Crippen LogP contribution in [0.25, 0.3) is 0 Å². The normalized spacial score (nSPS) is 29.5. The van der Waals surface area contributed by atoms with Gasteiger partial charge in [-0.3, -0.25) is 4.90 Å². The summed E-state index contributed by atoms with van der Waals surface area (Å²) in [5.41, 5.74) is 0. The number of likely N-dealkylation sites (N-methyl/N-ethyl adjacent to an activating group) is 2. The van der Waals surface area contributed by atoms with E-state index in [1.54, 1.807) is 0 Å². The molecule has 3 heteroatoms. The van der Waals surface area contributed by atoms with Gasteiger partial charge in [0.1, 0.15) is 0 Å². The van der Waals surface area contributed by atoms with E-state index < -0.39 is 0 Å². The second kappa shape index (κ2) is 7.46. The van der Waals surface area contributed by atoms with Gasteiger partial charge in [-0.05, 0) is 38.8 Å². The minimum absolute atomic E-state index is 0.456. The molecule has 1 heterocycles. The third-order valence-electron chi connectivity index (χ3n) is 4.50. The average molecular weight is 254 g/mol. The maximum Gasteiger partial charge on any atom is 0.0707 e. The molecule has 0 amide bonds. The molecule has 3 nitrogen and oxygen atoms in total. The number of nitrogens with zero attached hydrogens (tertiary/aromatic N) is 1. The predicted molar refractivity (Wildman–Crippen MR) is 75.9 cm³/mol. The van der Waals surface area contributed by atoms with Crippen molar-refractivity contribution in [3.05, 3.63) is 0 Å². The standard InChI is InChI=1S/C15H30N2O/c1-3-16-11-14-9-10-15(18-14)12-17(4-2)13-7-5-6-8-13/h13-16H,3-12H2,1-2H3. The molecule has 2 fully saturated rings. The van der Waals surface area contributed by atoms with Crippen molar-refractivity contribution in [3.63, 3.8) is 0 Å². The molecule has 2 rings (SSSR count). The van der Waals surface area contributed by atoms with E-state index in [2.05, 4.69) is 24.1 Å². The number of ether oxygens (including phenoxy) is 1. The maximum absolute atomic E-state index is 6.15. The molecular formula is C15H30N2O. The predicted octanol–water partition coefficient (Wildman–Crippen LogP) is 2.41. The number of hydrogen-bond donors (Lipinski definition) is 1. The maximum atomic E-state index is 6.15. The van der Waals surface area contributed by atoms with Gasteiger partial charge in [-0.1, -0.05) is 26.7 Å². The minimum Gasteiger partial charge on any atom is -0.372 e. The topological polar surface area (TPSA) is 24.5 Å². The minimum atomic E-state index is 0.456. The molecule has 1 saturated carbocycles. The highest BCUT2D eigenvalue weighted by molar-refractivity contribution is 4.82. The van der Waals surface area contributed by atoms with Crippen LogP contribution in [0.4, 0.5) is 0 Å². The second-order valence-electron chi connectivity index (χ2n) is 5.79. The van der Waals surface area contributed by atoms with Crippen LogP contribution in [0.5, 0.6) is 0 Å². The molecule has 18 heavy (non-hydrogen) atoms. The Morgan fingerprint density at radius 2 is 1.78 bits per heavy atom. The fourth-order valence-electron chi connectivity index (χ4n) is 3.44. The Kier molecular flexibility index (Phi) is 5.93. The Bertz CT molecular complexity index is 229. The van der Waals surface area contributed by atoms with Gasteiger partial charge in [0, 0.05) is 19.1 Å². The van der Waals surface area contributed by atoms with Crippen LogP contribution in [-0.2, 0) is 4.74 Å². The fourth-order valence-corrected chi connectivity index (χ4v) is 3.44. The molecule has 1 aliphatic heterocycles. The first-order valence-corrected chi connectivity index (χ1v) is 7.93. The highest BCUT2D eigenvalue weighted by Crippen LogP contribution is 2.26. The molecule has 2 atom stereocenters. The summed E-state index contributed by atoms with van der Waals surface area (Å²) in [6.07, 6.45) is 9.08. The molecule has 0 radical (unpaired) electrons. The van der Waals surface area contributed by atoms with Crippen molar-refractivity contribution in [2.75, 3.05) is 26.2 Å². The second-order valence-corrected chi connectivity index (χ2v) is 5.79. The Hall–Kier alpha value is -0.120. The van der Waals surface area contributed by atoms with Crippen LogP contribution in [-0.4, -0.2) is 49.3 Å². The lowest BCUT2D eigenvalue weighted by Crippen LogP contribution is -2.39. The van der Waals surface area contributed by atoms with Crippen LogP contribution in [0.2, 0.25) is 0 Å². The molecule has 0 aromatic heterocycles. The van der Waals surface area contributed by atoms with Crippen molar-refractivity contribution in [2.45, 2.75) is 70.6 Å². The zero-order chi connectivity index (χ0) is 12.8. The molecule has 1 saturated heterocycles. The summed E-state index contributed by atoms with van der Waals surface area (Å²) < 4.78 is 6.15. The zero-order valence-electron chi connectivity index (χ0n) is 12.2. The van der Waals surface area contributed by atoms with E-state index in [0.29, 0.717) is 12.2 Å². The smallest absolute Gasteiger partial charge is 0.0707 e. The first kappa shape index (κ1) is 14.3. The van der Waals surface area contributed by atoms with Crippen molar-refractivity contribution < 1.29 is 4.74 Å². The first-order valence-electron chi connectivity index (χ1n) is 7.93. The average Bonchev–Trinajstić information content (AvgIpc) is 3.04. The number of nitrogens with one attached hydrogen (secondary N) is 1. The Balaban J connectivity index is 1.71. The lowest BCUT2D eigenvalue weighted by Gasteiger charge is -2.30. The fraction of sp³-hybridized carbons (Fsp3) is 1.00. The quantitative estimate of drug-likeness (QED) is 0.755. The van der Waals surface area contributed by atoms with Crippen LogP contribution in [0.3, 0.4) is 0 Å². The molecule has 0 spiro atoms. The lowest BCUT2D eigenvalue weighted by molar-refractivity contribution is 0.0162. The van der Waals surface area contributed by atoms with Crippen LogP contribution in [0.15, 0.2) is 0 Å². The van der Waals surface area contributed by atoms with Gasteiger partial charge in [-0.15, -0.1) is 0 Å². The summed E-state index contributed by atoms with van der Waals surface area (Å²) in [7, 11) is 0. The summed E-state index contributed by atoms with van der Waals surface area (Å²) in [6, 6.07) is 0.839. The van der Waals surface area contributed by atoms with E-state index >= 15 is 0 Å². The molecule has 2 aliphatic rings. The largest absolute Gasteiger partial charge is 0.372 e. The third kappa shape index (κ3) is 3.94. The van der Waals surface area contributed by atoms with E-state index in [4.69, 9.17) is 4.74 Å².